The number of ether oxygens (including phenoxy) is 2. The van der Waals surface area contributed by atoms with Gasteiger partial charge in [-0.3, -0.25) is 0 Å². The molecule has 36 heavy (non-hydrogen) atoms. The summed E-state index contributed by atoms with van der Waals surface area (Å²) in [6, 6.07) is 12.3. The van der Waals surface area contributed by atoms with Crippen molar-refractivity contribution in [3.63, 3.8) is 0 Å². The Morgan fingerprint density at radius 2 is 1.56 bits per heavy atom. The smallest absolute Gasteiger partial charge is 0.416 e. The Bertz CT molecular complexity index is 1340. The Hall–Kier alpha value is -3.45. The lowest BCUT2D eigenvalue weighted by Gasteiger charge is -2.35. The van der Waals surface area contributed by atoms with Crippen LogP contribution in [0, 0.1) is 6.92 Å². The molecule has 7 heteroatoms. The lowest BCUT2D eigenvalue weighted by molar-refractivity contribution is -0.137. The van der Waals surface area contributed by atoms with Gasteiger partial charge in [-0.15, -0.1) is 0 Å². The van der Waals surface area contributed by atoms with Gasteiger partial charge in [0.25, 0.3) is 0 Å². The minimum atomic E-state index is -4.50. The molecular formula is C29H31F3N2O2. The molecule has 1 aliphatic heterocycles. The first-order chi connectivity index (χ1) is 16.9. The molecule has 0 aromatic heterocycles. The second kappa shape index (κ2) is 9.21. The number of hydrogen-bond acceptors (Lipinski definition) is 4. The van der Waals surface area contributed by atoms with Crippen molar-refractivity contribution in [2.75, 3.05) is 19.5 Å². The predicted molar refractivity (Wildman–Crippen MR) is 139 cm³/mol. The monoisotopic (exact) mass is 496 g/mol. The molecule has 1 heterocycles. The highest BCUT2D eigenvalue weighted by Crippen LogP contribution is 2.47. The predicted octanol–water partition coefficient (Wildman–Crippen LogP) is 7.35. The molecule has 0 saturated heterocycles. The van der Waals surface area contributed by atoms with E-state index < -0.39 is 17.8 Å². The van der Waals surface area contributed by atoms with Gasteiger partial charge < -0.3 is 20.5 Å². The van der Waals surface area contributed by atoms with Crippen LogP contribution in [0.4, 0.5) is 18.9 Å². The number of benzene rings is 3. The average Bonchev–Trinajstić information content (AvgIpc) is 2.81. The third-order valence-corrected chi connectivity index (χ3v) is 6.52. The first kappa shape index (κ1) is 25.6. The van der Waals surface area contributed by atoms with Gasteiger partial charge in [-0.2, -0.15) is 13.2 Å². The number of anilines is 1. The second-order valence-electron chi connectivity index (χ2n) is 9.76. The Balaban J connectivity index is 2.08. The van der Waals surface area contributed by atoms with Gasteiger partial charge in [-0.25, -0.2) is 0 Å². The fourth-order valence-electron chi connectivity index (χ4n) is 5.05. The number of rotatable bonds is 5. The van der Waals surface area contributed by atoms with E-state index in [2.05, 4.69) is 25.2 Å². The highest BCUT2D eigenvalue weighted by molar-refractivity contribution is 5.89. The maximum Gasteiger partial charge on any atom is 0.416 e. The van der Waals surface area contributed by atoms with Crippen molar-refractivity contribution in [3.05, 3.63) is 82.4 Å². The van der Waals surface area contributed by atoms with Gasteiger partial charge in [-0.05, 0) is 74.7 Å². The van der Waals surface area contributed by atoms with Crippen LogP contribution in [0.15, 0.2) is 54.6 Å². The molecule has 1 aliphatic rings. The number of fused-ring (bicyclic) bond motifs is 1. The first-order valence-electron chi connectivity index (χ1n) is 11.7. The van der Waals surface area contributed by atoms with Crippen LogP contribution in [0.5, 0.6) is 11.5 Å². The minimum Gasteiger partial charge on any atom is -0.496 e. The lowest BCUT2D eigenvalue weighted by Crippen LogP contribution is -2.32. The number of hydrogen-bond donors (Lipinski definition) is 2. The summed E-state index contributed by atoms with van der Waals surface area (Å²) >= 11 is 0. The van der Waals surface area contributed by atoms with Crippen molar-refractivity contribution in [3.8, 4) is 22.6 Å². The summed E-state index contributed by atoms with van der Waals surface area (Å²) in [6.07, 6.45) is -2.40. The van der Waals surface area contributed by atoms with Gasteiger partial charge >= 0.3 is 6.18 Å². The molecule has 4 nitrogen and oxygen atoms in total. The summed E-state index contributed by atoms with van der Waals surface area (Å²) < 4.78 is 52.2. The average molecular weight is 497 g/mol. The first-order valence-corrected chi connectivity index (χ1v) is 11.7. The number of nitrogens with two attached hydrogens (primary N) is 1. The molecule has 3 aromatic carbocycles. The van der Waals surface area contributed by atoms with Crippen LogP contribution in [-0.2, 0) is 6.18 Å². The molecule has 0 saturated carbocycles. The summed E-state index contributed by atoms with van der Waals surface area (Å²) in [5.41, 5.74) is 12.0. The largest absolute Gasteiger partial charge is 0.496 e. The van der Waals surface area contributed by atoms with Crippen LogP contribution in [0.3, 0.4) is 0 Å². The summed E-state index contributed by atoms with van der Waals surface area (Å²) in [4.78, 5) is 0. The van der Waals surface area contributed by atoms with E-state index in [-0.39, 0.29) is 5.54 Å². The molecule has 190 valence electrons. The molecule has 1 unspecified atom stereocenters. The maximum absolute atomic E-state index is 13.7. The highest BCUT2D eigenvalue weighted by atomic mass is 19.4. The summed E-state index contributed by atoms with van der Waals surface area (Å²) in [5, 5.41) is 3.52. The van der Waals surface area contributed by atoms with Crippen LogP contribution in [0.2, 0.25) is 0 Å². The molecule has 1 atom stereocenters. The fourth-order valence-corrected chi connectivity index (χ4v) is 5.05. The molecular weight excluding hydrogens is 465 g/mol. The third kappa shape index (κ3) is 4.67. The minimum absolute atomic E-state index is 0.297. The van der Waals surface area contributed by atoms with E-state index >= 15 is 0 Å². The van der Waals surface area contributed by atoms with Crippen molar-refractivity contribution in [1.82, 2.24) is 0 Å². The zero-order valence-electron chi connectivity index (χ0n) is 21.3. The number of allylic oxidation sites excluding steroid dienone is 1. The van der Waals surface area contributed by atoms with Crippen LogP contribution in [-0.4, -0.2) is 19.8 Å². The van der Waals surface area contributed by atoms with E-state index in [0.717, 1.165) is 40.1 Å². The molecule has 0 amide bonds. The van der Waals surface area contributed by atoms with Crippen molar-refractivity contribution >= 4 is 11.3 Å². The van der Waals surface area contributed by atoms with Gasteiger partial charge in [0.2, 0.25) is 0 Å². The van der Waals surface area contributed by atoms with E-state index in [4.69, 9.17) is 15.2 Å². The van der Waals surface area contributed by atoms with Crippen molar-refractivity contribution in [2.24, 2.45) is 5.73 Å². The van der Waals surface area contributed by atoms with Crippen LogP contribution < -0.4 is 20.5 Å². The van der Waals surface area contributed by atoms with Gasteiger partial charge in [0.05, 0.1) is 31.4 Å². The number of methoxy groups -OCH3 is 2. The normalized spacial score (nSPS) is 15.4. The van der Waals surface area contributed by atoms with Gasteiger partial charge in [0, 0.05) is 22.4 Å². The summed E-state index contributed by atoms with van der Waals surface area (Å²) in [5.74, 6) is 0.941. The number of nitrogens with one attached hydrogen (secondary N) is 1. The molecule has 0 radical (unpaired) electrons. The molecule has 3 aromatic rings. The SMILES string of the molecule is COc1ccc(C(F)(F)F)cc1-c1ccc2c(c1C(N)c1cc(C)ccc1OC)C(C)=CC(C)(C)N2. The molecule has 3 N–H and O–H groups in total. The van der Waals surface area contributed by atoms with Gasteiger partial charge in [0.15, 0.2) is 0 Å². The zero-order chi connectivity index (χ0) is 26.4. The summed E-state index contributed by atoms with van der Waals surface area (Å²) in [7, 11) is 3.02. The maximum atomic E-state index is 13.7. The standard InChI is InChI=1S/C29H31F3N2O2/c1-16-7-11-24(36-6)21(13-16)27(33)26-19(9-10-22-25(26)17(2)15-28(3,4)34-22)20-14-18(29(30,31)32)8-12-23(20)35-5/h7-15,27,34H,33H2,1-6H3. The zero-order valence-corrected chi connectivity index (χ0v) is 21.3. The van der Waals surface area contributed by atoms with E-state index in [9.17, 15) is 13.2 Å². The topological polar surface area (TPSA) is 56.5 Å². The van der Waals surface area contributed by atoms with Crippen molar-refractivity contribution in [2.45, 2.75) is 45.5 Å². The van der Waals surface area contributed by atoms with Gasteiger partial charge in [-0.1, -0.05) is 29.8 Å². The lowest BCUT2D eigenvalue weighted by atomic mass is 9.80. The summed E-state index contributed by atoms with van der Waals surface area (Å²) in [6.45, 7) is 8.08. The van der Waals surface area contributed by atoms with Crippen LogP contribution in [0.1, 0.15) is 54.6 Å². The van der Waals surface area contributed by atoms with Crippen molar-refractivity contribution < 1.29 is 22.6 Å². The fraction of sp³-hybridized carbons (Fsp3) is 0.310. The van der Waals surface area contributed by atoms with Crippen LogP contribution >= 0.6 is 0 Å². The van der Waals surface area contributed by atoms with Crippen molar-refractivity contribution in [1.29, 1.82) is 0 Å². The Morgan fingerprint density at radius 3 is 2.19 bits per heavy atom. The molecule has 0 aliphatic carbocycles. The Kier molecular flexibility index (Phi) is 6.56. The number of aryl methyl sites for hydroxylation is 1. The van der Waals surface area contributed by atoms with E-state index in [1.54, 1.807) is 7.11 Å². The molecule has 4 rings (SSSR count). The number of halogens is 3. The highest BCUT2D eigenvalue weighted by Gasteiger charge is 2.34. The van der Waals surface area contributed by atoms with Crippen LogP contribution in [0.25, 0.3) is 16.7 Å². The molecule has 0 fully saturated rings. The van der Waals surface area contributed by atoms with E-state index in [1.165, 1.54) is 13.2 Å². The van der Waals surface area contributed by atoms with Gasteiger partial charge in [0.1, 0.15) is 11.5 Å². The Labute approximate surface area is 209 Å². The number of alkyl halides is 3. The molecule has 0 bridgehead atoms. The Morgan fingerprint density at radius 1 is 0.889 bits per heavy atom. The van der Waals surface area contributed by atoms with E-state index in [0.29, 0.717) is 28.2 Å². The van der Waals surface area contributed by atoms with E-state index in [1.807, 2.05) is 44.2 Å². The second-order valence-corrected chi connectivity index (χ2v) is 9.76. The third-order valence-electron chi connectivity index (χ3n) is 6.52. The molecule has 0 spiro atoms. The quantitative estimate of drug-likeness (QED) is 0.388.